The van der Waals surface area contributed by atoms with Gasteiger partial charge in [-0.15, -0.1) is 22.1 Å². The van der Waals surface area contributed by atoms with Gasteiger partial charge in [0.15, 0.2) is 0 Å². The normalized spacial score (nSPS) is 27.9. The van der Waals surface area contributed by atoms with Crippen molar-refractivity contribution in [2.75, 3.05) is 0 Å². The maximum absolute atomic E-state index is 6.28. The topological polar surface area (TPSA) is 54.5 Å². The average molecular weight is 992 g/mol. The number of rotatable bonds is 4. The van der Waals surface area contributed by atoms with Crippen molar-refractivity contribution >= 4 is 33.7 Å². The summed E-state index contributed by atoms with van der Waals surface area (Å²) in [5.41, 5.74) is 28.0. The molecular weight excluding hydrogens is 938 g/mol. The van der Waals surface area contributed by atoms with Gasteiger partial charge in [0.05, 0.1) is 11.4 Å². The van der Waals surface area contributed by atoms with Crippen LogP contribution in [0.15, 0.2) is 209 Å². The zero-order valence-electron chi connectivity index (χ0n) is 41.0. The molecular formula is C68H53N4Zn+. The first-order valence-electron chi connectivity index (χ1n) is 27.1. The summed E-state index contributed by atoms with van der Waals surface area (Å²) in [4.78, 5) is 23.3. The Morgan fingerprint density at radius 2 is 0.740 bits per heavy atom. The molecule has 0 fully saturated rings. The Morgan fingerprint density at radius 1 is 0.356 bits per heavy atom. The van der Waals surface area contributed by atoms with Gasteiger partial charge < -0.3 is 9.97 Å². The number of aliphatic imine (C=N–C) groups is 1. The number of benzene rings is 4. The molecule has 1 N–H and O–H groups in total. The first-order chi connectivity index (χ1) is 35.7. The fourth-order valence-electron chi connectivity index (χ4n) is 15.7. The Balaban J connectivity index is 0.00000456. The molecule has 16 bridgehead atoms. The van der Waals surface area contributed by atoms with Crippen LogP contribution in [0.25, 0.3) is 22.3 Å². The molecule has 0 radical (unpaired) electrons. The van der Waals surface area contributed by atoms with Crippen LogP contribution in [0, 0.1) is 23.7 Å². The number of aromatic nitrogens is 2. The molecule has 2 aliphatic heterocycles. The molecule has 15 aliphatic rings. The zero-order chi connectivity index (χ0) is 46.8. The molecule has 0 amide bonds. The van der Waals surface area contributed by atoms with Gasteiger partial charge >= 0.3 is 19.5 Å². The van der Waals surface area contributed by atoms with Gasteiger partial charge in [0.2, 0.25) is 11.4 Å². The van der Waals surface area contributed by atoms with Crippen molar-refractivity contribution in [3.63, 3.8) is 0 Å². The SMILES string of the molecule is C1=CC2CCC1C1=C2C2=C(c3ccccc3)c3[n-]c(c4c3C3C=CC4CC3)C(c3ccccc3)=C3[NH+]=C(C4=C3C3C=CC4CC3)C(c3ccccc3)=c3[n-]c(c4c3C3C=CC4CC3)=C(c3ccccc3)C1=N2.[Zn+2]. The zero-order valence-corrected chi connectivity index (χ0v) is 44.0. The van der Waals surface area contributed by atoms with Crippen LogP contribution in [-0.4, -0.2) is 11.4 Å². The van der Waals surface area contributed by atoms with E-state index < -0.39 is 0 Å². The van der Waals surface area contributed by atoms with Gasteiger partial charge in [0.25, 0.3) is 0 Å². The van der Waals surface area contributed by atoms with Gasteiger partial charge in [-0.3, -0.25) is 0 Å². The van der Waals surface area contributed by atoms with Crippen LogP contribution in [0.5, 0.6) is 0 Å². The summed E-state index contributed by atoms with van der Waals surface area (Å²) in [6.07, 6.45) is 29.2. The van der Waals surface area contributed by atoms with Gasteiger partial charge in [-0.25, -0.2) is 9.98 Å². The Kier molecular flexibility index (Phi) is 9.35. The first kappa shape index (κ1) is 42.6. The van der Waals surface area contributed by atoms with Gasteiger partial charge in [-0.1, -0.05) is 192 Å². The van der Waals surface area contributed by atoms with Crippen molar-refractivity contribution in [1.29, 1.82) is 0 Å². The second-order valence-electron chi connectivity index (χ2n) is 22.3. The fraction of sp³-hybridized carbons (Fsp3) is 0.235. The minimum absolute atomic E-state index is 0. The summed E-state index contributed by atoms with van der Waals surface area (Å²) >= 11 is 0. The summed E-state index contributed by atoms with van der Waals surface area (Å²) in [5, 5.41) is 2.26. The molecule has 4 aromatic carbocycles. The largest absolute Gasteiger partial charge is 2.00 e. The first-order valence-corrected chi connectivity index (χ1v) is 27.1. The molecule has 0 saturated carbocycles. The van der Waals surface area contributed by atoms with Crippen LogP contribution in [-0.2, 0) is 19.5 Å². The molecule has 0 saturated heterocycles. The molecule has 346 valence electrons. The second kappa shape index (κ2) is 16.0. The summed E-state index contributed by atoms with van der Waals surface area (Å²) in [5.74, 6) is 2.25. The van der Waals surface area contributed by atoms with Crippen LogP contribution < -0.4 is 25.7 Å². The van der Waals surface area contributed by atoms with Crippen LogP contribution in [0.4, 0.5) is 0 Å². The average Bonchev–Trinajstić information content (AvgIpc) is 4.27. The number of hydrogen-bond acceptors (Lipinski definition) is 1. The van der Waals surface area contributed by atoms with Crippen LogP contribution in [0.2, 0.25) is 0 Å². The number of nitrogens with one attached hydrogen (secondary N) is 1. The van der Waals surface area contributed by atoms with E-state index in [4.69, 9.17) is 15.0 Å². The smallest absolute Gasteiger partial charge is 0.656 e. The van der Waals surface area contributed by atoms with Gasteiger partial charge in [0.1, 0.15) is 0 Å². The van der Waals surface area contributed by atoms with E-state index in [-0.39, 0.29) is 55.0 Å². The van der Waals surface area contributed by atoms with E-state index >= 15 is 0 Å². The summed E-state index contributed by atoms with van der Waals surface area (Å²) in [6.45, 7) is 0. The van der Waals surface area contributed by atoms with Crippen molar-refractivity contribution in [3.05, 3.63) is 270 Å². The molecule has 8 atom stereocenters. The standard InChI is InChI=1S/C68H52N4.Zn/c1-5-13-37(14-6-1)57-61-49-41-21-25-43(26-22-41)51(49)63(69-61)58(38-15-7-2-8-16-38)65-53-45-29-33-47(34-30-45)55(53)67(71-65)60(40-19-11-4-12-20-40)68-56-48-35-31-46(32-36-48)54(56)66(72-68)59(39-17-9-3-10-18-39)64-52-44-27-23-42(24-28-44)50(52)62(57)70-64;/h1-21,23,25,27,29,31,33,35,41-48H,22,24,26,28,30,32,34,36H2;/q-2;+2/p+1. The molecule has 0 spiro atoms. The Labute approximate surface area is 439 Å². The van der Waals surface area contributed by atoms with Crippen molar-refractivity contribution < 1.29 is 24.5 Å². The maximum Gasteiger partial charge on any atom is 2.00 e. The number of fused-ring (bicyclic) bond motifs is 4. The van der Waals surface area contributed by atoms with Crippen LogP contribution >= 0.6 is 0 Å². The van der Waals surface area contributed by atoms with Crippen LogP contribution in [0.1, 0.15) is 131 Å². The summed E-state index contributed by atoms with van der Waals surface area (Å²) in [6, 6.07) is 45.1. The predicted molar refractivity (Wildman–Crippen MR) is 287 cm³/mol. The van der Waals surface area contributed by atoms with E-state index in [2.05, 4.69) is 175 Å². The second-order valence-corrected chi connectivity index (χ2v) is 22.3. The summed E-state index contributed by atoms with van der Waals surface area (Å²) in [7, 11) is 0. The predicted octanol–water partition coefficient (Wildman–Crippen LogP) is 11.1. The van der Waals surface area contributed by atoms with Crippen LogP contribution in [0.3, 0.4) is 0 Å². The number of nitrogens with zero attached hydrogens (tertiary/aromatic N) is 3. The van der Waals surface area contributed by atoms with Gasteiger partial charge in [-0.05, 0) is 95.9 Å². The third-order valence-corrected chi connectivity index (χ3v) is 18.7. The van der Waals surface area contributed by atoms with E-state index in [9.17, 15) is 0 Å². The van der Waals surface area contributed by atoms with Crippen molar-refractivity contribution in [3.8, 4) is 0 Å². The van der Waals surface area contributed by atoms with Crippen molar-refractivity contribution in [2.45, 2.75) is 75.0 Å². The Morgan fingerprint density at radius 3 is 1.25 bits per heavy atom. The fourth-order valence-corrected chi connectivity index (χ4v) is 15.7. The monoisotopic (exact) mass is 989 g/mol. The molecule has 6 aromatic rings. The third-order valence-electron chi connectivity index (χ3n) is 18.7. The van der Waals surface area contributed by atoms with Gasteiger partial charge in [-0.2, -0.15) is 0 Å². The van der Waals surface area contributed by atoms with Crippen molar-refractivity contribution in [2.24, 2.45) is 28.7 Å². The molecule has 5 heteroatoms. The van der Waals surface area contributed by atoms with Gasteiger partial charge in [0, 0.05) is 69.6 Å². The molecule has 2 aromatic heterocycles. The van der Waals surface area contributed by atoms with E-state index in [1.165, 1.54) is 101 Å². The summed E-state index contributed by atoms with van der Waals surface area (Å²) < 4.78 is 0. The molecule has 21 rings (SSSR count). The number of hydrogen-bond donors (Lipinski definition) is 1. The molecule has 4 heterocycles. The Hall–Kier alpha value is -6.94. The minimum atomic E-state index is 0. The van der Waals surface area contributed by atoms with E-state index in [1.807, 2.05) is 0 Å². The maximum atomic E-state index is 6.28. The Bertz CT molecular complexity index is 3630. The third kappa shape index (κ3) is 5.92. The number of allylic oxidation sites excluding steroid dienone is 12. The van der Waals surface area contributed by atoms with E-state index in [0.29, 0.717) is 11.8 Å². The molecule has 8 unspecified atom stereocenters. The van der Waals surface area contributed by atoms with E-state index in [1.54, 1.807) is 0 Å². The van der Waals surface area contributed by atoms with E-state index in [0.717, 1.165) is 84.9 Å². The molecule has 4 nitrogen and oxygen atoms in total. The molecule has 73 heavy (non-hydrogen) atoms. The molecule has 13 aliphatic carbocycles. The minimum Gasteiger partial charge on any atom is -0.656 e. The quantitative estimate of drug-likeness (QED) is 0.141. The van der Waals surface area contributed by atoms with Crippen molar-refractivity contribution in [1.82, 2.24) is 9.97 Å².